The number of amides is 2. The zero-order chi connectivity index (χ0) is 10.4. The van der Waals surface area contributed by atoms with E-state index in [0.29, 0.717) is 18.8 Å². The summed E-state index contributed by atoms with van der Waals surface area (Å²) in [6, 6.07) is 1.23. The molecule has 0 aliphatic heterocycles. The highest BCUT2D eigenvalue weighted by molar-refractivity contribution is 5.71. The number of carbonyl (C=O) groups is 1. The number of anilines is 2. The second-order valence-electron chi connectivity index (χ2n) is 2.72. The van der Waals surface area contributed by atoms with E-state index in [2.05, 4.69) is 15.6 Å². The number of primary amides is 1. The van der Waals surface area contributed by atoms with E-state index in [1.807, 2.05) is 0 Å². The highest BCUT2D eigenvalue weighted by Gasteiger charge is 1.93. The number of hydrogen-bond acceptors (Lipinski definition) is 4. The summed E-state index contributed by atoms with van der Waals surface area (Å²) >= 11 is 0. The lowest BCUT2D eigenvalue weighted by molar-refractivity contribution is 0.249. The monoisotopic (exact) mass is 195 g/mol. The van der Waals surface area contributed by atoms with Gasteiger partial charge in [0.1, 0.15) is 0 Å². The second kappa shape index (κ2) is 4.90. The van der Waals surface area contributed by atoms with E-state index in [4.69, 9.17) is 11.5 Å². The van der Waals surface area contributed by atoms with Gasteiger partial charge in [-0.2, -0.15) is 0 Å². The van der Waals surface area contributed by atoms with Gasteiger partial charge in [0.2, 0.25) is 0 Å². The molecule has 1 rings (SSSR count). The lowest BCUT2D eigenvalue weighted by Gasteiger charge is -2.06. The highest BCUT2D eigenvalue weighted by Crippen LogP contribution is 2.08. The molecule has 1 aromatic heterocycles. The number of aromatic nitrogens is 1. The van der Waals surface area contributed by atoms with Crippen LogP contribution in [0.3, 0.4) is 0 Å². The molecule has 0 atom stereocenters. The van der Waals surface area contributed by atoms with Crippen molar-refractivity contribution in [3.8, 4) is 0 Å². The summed E-state index contributed by atoms with van der Waals surface area (Å²) in [5.74, 6) is 0. The highest BCUT2D eigenvalue weighted by atomic mass is 16.2. The van der Waals surface area contributed by atoms with Crippen molar-refractivity contribution >= 4 is 17.4 Å². The first kappa shape index (κ1) is 10.1. The van der Waals surface area contributed by atoms with Gasteiger partial charge in [-0.1, -0.05) is 0 Å². The maximum atomic E-state index is 10.3. The van der Waals surface area contributed by atoms with Crippen molar-refractivity contribution in [2.75, 3.05) is 24.1 Å². The fraction of sp³-hybridized carbons (Fsp3) is 0.250. The second-order valence-corrected chi connectivity index (χ2v) is 2.72. The van der Waals surface area contributed by atoms with Gasteiger partial charge >= 0.3 is 6.03 Å². The Bertz CT molecular complexity index is 314. The topological polar surface area (TPSA) is 106 Å². The van der Waals surface area contributed by atoms with Crippen molar-refractivity contribution in [2.45, 2.75) is 0 Å². The van der Waals surface area contributed by atoms with Crippen LogP contribution in [-0.4, -0.2) is 24.1 Å². The molecule has 6 nitrogen and oxygen atoms in total. The van der Waals surface area contributed by atoms with Crippen LogP contribution in [0.2, 0.25) is 0 Å². The SMILES string of the molecule is NC(=O)NCCNc1cncc(N)c1. The van der Waals surface area contributed by atoms with E-state index in [0.717, 1.165) is 5.69 Å². The van der Waals surface area contributed by atoms with Crippen molar-refractivity contribution in [1.29, 1.82) is 0 Å². The van der Waals surface area contributed by atoms with Crippen LogP contribution < -0.4 is 22.1 Å². The minimum Gasteiger partial charge on any atom is -0.397 e. The molecule has 0 saturated heterocycles. The molecule has 1 aromatic rings. The fourth-order valence-corrected chi connectivity index (χ4v) is 0.947. The van der Waals surface area contributed by atoms with Crippen molar-refractivity contribution in [2.24, 2.45) is 5.73 Å². The number of pyridine rings is 1. The van der Waals surface area contributed by atoms with Crippen LogP contribution >= 0.6 is 0 Å². The molecule has 76 valence electrons. The van der Waals surface area contributed by atoms with Gasteiger partial charge < -0.3 is 22.1 Å². The molecule has 1 heterocycles. The Hall–Kier alpha value is -1.98. The molecule has 0 spiro atoms. The first-order valence-electron chi connectivity index (χ1n) is 4.16. The third kappa shape index (κ3) is 3.61. The maximum absolute atomic E-state index is 10.3. The van der Waals surface area contributed by atoms with Crippen molar-refractivity contribution < 1.29 is 4.79 Å². The van der Waals surface area contributed by atoms with Gasteiger partial charge in [-0.25, -0.2) is 4.79 Å². The van der Waals surface area contributed by atoms with Crippen LogP contribution in [0.15, 0.2) is 18.5 Å². The molecule has 0 bridgehead atoms. The zero-order valence-corrected chi connectivity index (χ0v) is 7.66. The molecule has 0 aliphatic rings. The summed E-state index contributed by atoms with van der Waals surface area (Å²) in [7, 11) is 0. The van der Waals surface area contributed by atoms with Crippen LogP contribution in [0.5, 0.6) is 0 Å². The summed E-state index contributed by atoms with van der Waals surface area (Å²) in [5, 5.41) is 5.48. The van der Waals surface area contributed by atoms with Gasteiger partial charge in [0.25, 0.3) is 0 Å². The van der Waals surface area contributed by atoms with Crippen LogP contribution in [0.1, 0.15) is 0 Å². The van der Waals surface area contributed by atoms with E-state index < -0.39 is 6.03 Å². The average Bonchev–Trinajstić information content (AvgIpc) is 2.12. The number of nitrogens with one attached hydrogen (secondary N) is 2. The molecule has 14 heavy (non-hydrogen) atoms. The standard InChI is InChI=1S/C8H13N5O/c9-6-3-7(5-11-4-6)12-1-2-13-8(10)14/h3-5,12H,1-2,9H2,(H3,10,13,14). The number of hydrogen-bond donors (Lipinski definition) is 4. The van der Waals surface area contributed by atoms with Crippen LogP contribution in [0, 0.1) is 0 Å². The first-order valence-corrected chi connectivity index (χ1v) is 4.16. The Morgan fingerprint density at radius 1 is 1.43 bits per heavy atom. The van der Waals surface area contributed by atoms with E-state index in [9.17, 15) is 4.79 Å². The number of nitrogens with two attached hydrogens (primary N) is 2. The van der Waals surface area contributed by atoms with E-state index in [1.54, 1.807) is 18.5 Å². The molecule has 0 radical (unpaired) electrons. The van der Waals surface area contributed by atoms with Crippen molar-refractivity contribution in [3.05, 3.63) is 18.5 Å². The Kier molecular flexibility index (Phi) is 3.54. The largest absolute Gasteiger partial charge is 0.397 e. The van der Waals surface area contributed by atoms with Gasteiger partial charge in [0.15, 0.2) is 0 Å². The third-order valence-corrected chi connectivity index (χ3v) is 1.51. The van der Waals surface area contributed by atoms with Gasteiger partial charge in [0, 0.05) is 19.3 Å². The molecule has 0 unspecified atom stereocenters. The lowest BCUT2D eigenvalue weighted by Crippen LogP contribution is -2.33. The Morgan fingerprint density at radius 2 is 2.21 bits per heavy atom. The predicted molar refractivity (Wildman–Crippen MR) is 54.7 cm³/mol. The molecular weight excluding hydrogens is 182 g/mol. The minimum absolute atomic E-state index is 0.462. The number of carbonyl (C=O) groups excluding carboxylic acids is 1. The number of nitrogens with zero attached hydrogens (tertiary/aromatic N) is 1. The first-order chi connectivity index (χ1) is 6.68. The number of urea groups is 1. The molecule has 0 aliphatic carbocycles. The van der Waals surface area contributed by atoms with Crippen LogP contribution in [-0.2, 0) is 0 Å². The zero-order valence-electron chi connectivity index (χ0n) is 7.66. The van der Waals surface area contributed by atoms with Crippen LogP contribution in [0.25, 0.3) is 0 Å². The number of rotatable bonds is 4. The Balaban J connectivity index is 2.28. The van der Waals surface area contributed by atoms with Gasteiger partial charge in [0.05, 0.1) is 17.6 Å². The Labute approximate surface area is 81.7 Å². The molecular formula is C8H13N5O. The average molecular weight is 195 g/mol. The summed E-state index contributed by atoms with van der Waals surface area (Å²) in [6.45, 7) is 1.04. The number of nitrogen functional groups attached to an aromatic ring is 1. The van der Waals surface area contributed by atoms with Crippen molar-refractivity contribution in [1.82, 2.24) is 10.3 Å². The summed E-state index contributed by atoms with van der Waals surface area (Å²) in [6.07, 6.45) is 3.22. The maximum Gasteiger partial charge on any atom is 0.312 e. The summed E-state index contributed by atoms with van der Waals surface area (Å²) in [4.78, 5) is 14.2. The van der Waals surface area contributed by atoms with Crippen LogP contribution in [0.4, 0.5) is 16.2 Å². The molecule has 0 aromatic carbocycles. The van der Waals surface area contributed by atoms with Gasteiger partial charge in [-0.05, 0) is 6.07 Å². The summed E-state index contributed by atoms with van der Waals surface area (Å²) < 4.78 is 0. The third-order valence-electron chi connectivity index (χ3n) is 1.51. The normalized spacial score (nSPS) is 9.43. The van der Waals surface area contributed by atoms with E-state index >= 15 is 0 Å². The molecule has 0 fully saturated rings. The Morgan fingerprint density at radius 3 is 2.86 bits per heavy atom. The summed E-state index contributed by atoms with van der Waals surface area (Å²) in [5.41, 5.74) is 11.8. The molecule has 0 saturated carbocycles. The smallest absolute Gasteiger partial charge is 0.312 e. The van der Waals surface area contributed by atoms with Gasteiger partial charge in [-0.15, -0.1) is 0 Å². The minimum atomic E-state index is -0.530. The quantitative estimate of drug-likeness (QED) is 0.497. The molecule has 2 amide bonds. The predicted octanol–water partition coefficient (Wildman–Crippen LogP) is -0.256. The van der Waals surface area contributed by atoms with Gasteiger partial charge in [-0.3, -0.25) is 4.98 Å². The lowest BCUT2D eigenvalue weighted by atomic mass is 10.4. The van der Waals surface area contributed by atoms with Crippen molar-refractivity contribution in [3.63, 3.8) is 0 Å². The van der Waals surface area contributed by atoms with E-state index in [1.165, 1.54) is 0 Å². The molecule has 6 heteroatoms. The van der Waals surface area contributed by atoms with E-state index in [-0.39, 0.29) is 0 Å². The fourth-order valence-electron chi connectivity index (χ4n) is 0.947. The molecule has 6 N–H and O–H groups in total.